The van der Waals surface area contributed by atoms with Crippen molar-refractivity contribution in [1.29, 1.82) is 0 Å². The van der Waals surface area contributed by atoms with Crippen molar-refractivity contribution >= 4 is 28.8 Å². The molecule has 1 rings (SSSR count). The van der Waals surface area contributed by atoms with Gasteiger partial charge in [0.1, 0.15) is 36.4 Å². The molecular formula is C13H19N3O7S. The zero-order valence-electron chi connectivity index (χ0n) is 13.7. The lowest BCUT2D eigenvalue weighted by atomic mass is 9.97. The van der Waals surface area contributed by atoms with Crippen molar-refractivity contribution in [3.05, 3.63) is 10.4 Å². The Kier molecular flexibility index (Phi) is 7.99. The van der Waals surface area contributed by atoms with E-state index >= 15 is 0 Å². The third-order valence-electron chi connectivity index (χ3n) is 3.11. The maximum absolute atomic E-state index is 11.4. The number of nitrogens with zero attached hydrogens (tertiary/aromatic N) is 3. The van der Waals surface area contributed by atoms with E-state index in [0.717, 1.165) is 11.8 Å². The maximum atomic E-state index is 11.4. The minimum atomic E-state index is -1.02. The Morgan fingerprint density at radius 3 is 2.33 bits per heavy atom. The molecule has 10 nitrogen and oxygen atoms in total. The number of methoxy groups -OCH3 is 1. The summed E-state index contributed by atoms with van der Waals surface area (Å²) < 4.78 is 21.1. The topological polar surface area (TPSA) is 137 Å². The van der Waals surface area contributed by atoms with Crippen LogP contribution in [0.25, 0.3) is 10.4 Å². The van der Waals surface area contributed by atoms with Crippen LogP contribution in [0.4, 0.5) is 0 Å². The molecule has 1 aliphatic heterocycles. The van der Waals surface area contributed by atoms with Gasteiger partial charge in [0.2, 0.25) is 0 Å². The van der Waals surface area contributed by atoms with Crippen LogP contribution in [0, 0.1) is 0 Å². The van der Waals surface area contributed by atoms with Gasteiger partial charge < -0.3 is 18.9 Å². The quantitative estimate of drug-likeness (QED) is 0.297. The minimum absolute atomic E-state index is 0.226. The second-order valence-electron chi connectivity index (χ2n) is 4.92. The smallest absolute Gasteiger partial charge is 0.303 e. The van der Waals surface area contributed by atoms with Crippen LogP contribution in [0.2, 0.25) is 0 Å². The third-order valence-corrected chi connectivity index (χ3v) is 4.05. The fourth-order valence-electron chi connectivity index (χ4n) is 2.27. The van der Waals surface area contributed by atoms with Crippen LogP contribution in [0.15, 0.2) is 5.11 Å². The summed E-state index contributed by atoms with van der Waals surface area (Å²) in [6.07, 6.45) is -2.75. The average Bonchev–Trinajstić information content (AvgIpc) is 2.47. The predicted molar refractivity (Wildman–Crippen MR) is 82.9 cm³/mol. The highest BCUT2D eigenvalue weighted by molar-refractivity contribution is 8.14. The molecular weight excluding hydrogens is 342 g/mol. The van der Waals surface area contributed by atoms with Gasteiger partial charge in [0.25, 0.3) is 0 Å². The van der Waals surface area contributed by atoms with Crippen LogP contribution in [-0.4, -0.2) is 60.6 Å². The summed E-state index contributed by atoms with van der Waals surface area (Å²) in [5.41, 5.74) is 8.01. The molecule has 0 aromatic carbocycles. The molecule has 24 heavy (non-hydrogen) atoms. The summed E-state index contributed by atoms with van der Waals surface area (Å²) in [6, 6.07) is -0.949. The van der Waals surface area contributed by atoms with Gasteiger partial charge in [-0.2, -0.15) is 0 Å². The van der Waals surface area contributed by atoms with E-state index in [4.69, 9.17) is 24.5 Å². The Morgan fingerprint density at radius 1 is 1.21 bits per heavy atom. The van der Waals surface area contributed by atoms with E-state index < -0.39 is 41.7 Å². The summed E-state index contributed by atoms with van der Waals surface area (Å²) in [4.78, 5) is 36.6. The summed E-state index contributed by atoms with van der Waals surface area (Å²) in [5, 5.41) is 3.40. The van der Waals surface area contributed by atoms with Gasteiger partial charge in [0.15, 0.2) is 5.12 Å². The summed E-state index contributed by atoms with van der Waals surface area (Å²) in [6.45, 7) is 3.53. The fourth-order valence-corrected chi connectivity index (χ4v) is 3.20. The molecule has 134 valence electrons. The fraction of sp³-hybridized carbons (Fsp3) is 0.769. The van der Waals surface area contributed by atoms with Gasteiger partial charge in [-0.25, -0.2) is 0 Å². The second-order valence-corrected chi connectivity index (χ2v) is 6.20. The van der Waals surface area contributed by atoms with Crippen LogP contribution >= 0.6 is 11.8 Å². The molecule has 1 heterocycles. The standard InChI is InChI=1S/C13H19N3O7S/c1-6(17)21-5-9-11(22-7(2)18)10(15-16-14)12(20-4)13(23-9)24-8(3)19/h9-13H,5H2,1-4H3/t9-,10+,11+,12-,13+/m1/s1. The SMILES string of the molecule is CO[C@@H]1[C@@H](N=[N+]=[N-])[C@@H](OC(C)=O)[C@@H](COC(C)=O)O[C@H]1SC(C)=O. The molecule has 0 aromatic heterocycles. The van der Waals surface area contributed by atoms with Gasteiger partial charge in [0.05, 0.1) is 0 Å². The van der Waals surface area contributed by atoms with Crippen LogP contribution in [0.5, 0.6) is 0 Å². The first-order valence-electron chi connectivity index (χ1n) is 7.00. The lowest BCUT2D eigenvalue weighted by molar-refractivity contribution is -0.196. The summed E-state index contributed by atoms with van der Waals surface area (Å²) in [5.74, 6) is -1.17. The molecule has 0 aliphatic carbocycles. The van der Waals surface area contributed by atoms with Gasteiger partial charge >= 0.3 is 11.9 Å². The Hall–Kier alpha value is -1.81. The van der Waals surface area contributed by atoms with Gasteiger partial charge in [0, 0.05) is 32.8 Å². The van der Waals surface area contributed by atoms with Crippen LogP contribution in [0.3, 0.4) is 0 Å². The first-order valence-corrected chi connectivity index (χ1v) is 7.88. The normalized spacial score (nSPS) is 29.2. The van der Waals surface area contributed by atoms with Gasteiger partial charge in [-0.1, -0.05) is 16.9 Å². The molecule has 0 N–H and O–H groups in total. The zero-order valence-corrected chi connectivity index (χ0v) is 14.5. The van der Waals surface area contributed by atoms with E-state index in [0.29, 0.717) is 0 Å². The molecule has 5 atom stereocenters. The number of carbonyl (C=O) groups excluding carboxylic acids is 3. The largest absolute Gasteiger partial charge is 0.463 e. The van der Waals surface area contributed by atoms with Crippen molar-refractivity contribution in [2.75, 3.05) is 13.7 Å². The van der Waals surface area contributed by atoms with E-state index in [1.165, 1.54) is 27.9 Å². The van der Waals surface area contributed by atoms with E-state index in [1.807, 2.05) is 0 Å². The summed E-state index contributed by atoms with van der Waals surface area (Å²) in [7, 11) is 1.36. The Morgan fingerprint density at radius 2 is 1.88 bits per heavy atom. The Balaban J connectivity index is 3.15. The lowest BCUT2D eigenvalue weighted by Gasteiger charge is -2.43. The van der Waals surface area contributed by atoms with E-state index in [9.17, 15) is 14.4 Å². The van der Waals surface area contributed by atoms with Gasteiger partial charge in [-0.05, 0) is 5.53 Å². The zero-order chi connectivity index (χ0) is 18.3. The van der Waals surface area contributed by atoms with Crippen LogP contribution in [0.1, 0.15) is 20.8 Å². The van der Waals surface area contributed by atoms with E-state index in [-0.39, 0.29) is 11.7 Å². The molecule has 0 unspecified atom stereocenters. The number of rotatable bonds is 6. The first-order chi connectivity index (χ1) is 11.3. The molecule has 1 saturated heterocycles. The molecule has 0 aromatic rings. The maximum Gasteiger partial charge on any atom is 0.303 e. The molecule has 0 bridgehead atoms. The number of hydrogen-bond acceptors (Lipinski definition) is 9. The van der Waals surface area contributed by atoms with Crippen molar-refractivity contribution in [2.24, 2.45) is 5.11 Å². The number of ether oxygens (including phenoxy) is 4. The molecule has 0 saturated carbocycles. The number of thioether (sulfide) groups is 1. The van der Waals surface area contributed by atoms with Crippen molar-refractivity contribution in [1.82, 2.24) is 0 Å². The number of azide groups is 1. The number of carbonyl (C=O) groups is 3. The van der Waals surface area contributed by atoms with Crippen molar-refractivity contribution < 1.29 is 33.3 Å². The van der Waals surface area contributed by atoms with Gasteiger partial charge in [-0.15, -0.1) is 0 Å². The molecule has 0 amide bonds. The average molecular weight is 361 g/mol. The predicted octanol–water partition coefficient (Wildman–Crippen LogP) is 1.18. The van der Waals surface area contributed by atoms with Crippen LogP contribution < -0.4 is 0 Å². The highest BCUT2D eigenvalue weighted by Gasteiger charge is 2.48. The molecule has 0 spiro atoms. The monoisotopic (exact) mass is 361 g/mol. The molecule has 1 fully saturated rings. The Labute approximate surface area is 142 Å². The highest BCUT2D eigenvalue weighted by atomic mass is 32.2. The third kappa shape index (κ3) is 5.68. The lowest BCUT2D eigenvalue weighted by Crippen LogP contribution is -2.59. The number of hydrogen-bond donors (Lipinski definition) is 0. The van der Waals surface area contributed by atoms with E-state index in [2.05, 4.69) is 10.0 Å². The summed E-state index contributed by atoms with van der Waals surface area (Å²) >= 11 is 0.846. The van der Waals surface area contributed by atoms with E-state index in [1.54, 1.807) is 0 Å². The molecule has 1 aliphatic rings. The van der Waals surface area contributed by atoms with Crippen molar-refractivity contribution in [3.8, 4) is 0 Å². The highest BCUT2D eigenvalue weighted by Crippen LogP contribution is 2.34. The molecule has 0 radical (unpaired) electrons. The number of esters is 2. The van der Waals surface area contributed by atoms with Gasteiger partial charge in [-0.3, -0.25) is 14.4 Å². The molecule has 11 heteroatoms. The second kappa shape index (κ2) is 9.48. The van der Waals surface area contributed by atoms with Crippen molar-refractivity contribution in [2.45, 2.75) is 50.6 Å². The first kappa shape index (κ1) is 20.2. The van der Waals surface area contributed by atoms with Crippen molar-refractivity contribution in [3.63, 3.8) is 0 Å². The minimum Gasteiger partial charge on any atom is -0.463 e. The van der Waals surface area contributed by atoms with Crippen LogP contribution in [-0.2, 0) is 33.3 Å². The Bertz CT molecular complexity index is 538.